The zero-order valence-corrected chi connectivity index (χ0v) is 42.1. The van der Waals surface area contributed by atoms with E-state index in [2.05, 4.69) is 167 Å². The van der Waals surface area contributed by atoms with E-state index in [1.165, 1.54) is 66.8 Å². The van der Waals surface area contributed by atoms with Gasteiger partial charge in [-0.3, -0.25) is 0 Å². The van der Waals surface area contributed by atoms with Crippen molar-refractivity contribution in [1.29, 1.82) is 0 Å². The zero-order valence-electron chi connectivity index (χ0n) is 31.7. The van der Waals surface area contributed by atoms with Crippen molar-refractivity contribution < 1.29 is 0 Å². The van der Waals surface area contributed by atoms with Gasteiger partial charge in [-0.2, -0.15) is 0 Å². The van der Waals surface area contributed by atoms with Crippen LogP contribution < -0.4 is 29.4 Å². The Morgan fingerprint density at radius 2 is 0.421 bits per heavy atom. The Balaban J connectivity index is 1.27. The molecule has 10 rings (SSSR count). The third-order valence-corrected chi connectivity index (χ3v) is 40.9. The second kappa shape index (κ2) is 14.8. The summed E-state index contributed by atoms with van der Waals surface area (Å²) >= 11 is -8.49. The summed E-state index contributed by atoms with van der Waals surface area (Å²) in [5, 5.41) is 0. The molecule has 7 aromatic rings. The van der Waals surface area contributed by atoms with Crippen molar-refractivity contribution in [3.05, 3.63) is 200 Å². The molecular formula is C54H39Bi3. The van der Waals surface area contributed by atoms with E-state index in [-0.39, 0.29) is 0 Å². The van der Waals surface area contributed by atoms with Crippen LogP contribution in [-0.2, 0) is 0 Å². The Kier molecular flexibility index (Phi) is 9.58. The minimum atomic E-state index is -2.83. The molecule has 0 bridgehead atoms. The van der Waals surface area contributed by atoms with Crippen LogP contribution in [0.3, 0.4) is 0 Å². The van der Waals surface area contributed by atoms with E-state index in [0.717, 1.165) is 0 Å². The van der Waals surface area contributed by atoms with E-state index in [1.54, 1.807) is 29.4 Å². The van der Waals surface area contributed by atoms with Gasteiger partial charge in [0.25, 0.3) is 0 Å². The van der Waals surface area contributed by atoms with Crippen LogP contribution in [-0.4, -0.2) is 65.3 Å². The fourth-order valence-corrected chi connectivity index (χ4v) is 44.7. The standard InChI is InChI=1S/3C16H12.C6H3.3Bi/c3*1-3-13-7-5-9-15(11-13)16-10-6-8-14(4-2)12-16;1-2-4-6-5-3-1;;;/h3*3-8,11-12H,1-2H2;1,4-5H;;;. The van der Waals surface area contributed by atoms with Crippen LogP contribution >= 0.6 is 0 Å². The van der Waals surface area contributed by atoms with Crippen molar-refractivity contribution in [3.63, 3.8) is 0 Å². The van der Waals surface area contributed by atoms with Gasteiger partial charge in [0.1, 0.15) is 0 Å². The second-order valence-electron chi connectivity index (χ2n) is 14.6. The molecule has 7 aromatic carbocycles. The topological polar surface area (TPSA) is 0 Å². The molecule has 3 aliphatic heterocycles. The molecule has 0 fully saturated rings. The molecule has 3 heteroatoms. The predicted molar refractivity (Wildman–Crippen MR) is 257 cm³/mol. The Bertz CT molecular complexity index is 2440. The summed E-state index contributed by atoms with van der Waals surface area (Å²) in [6, 6.07) is 50.8. The van der Waals surface area contributed by atoms with Gasteiger partial charge in [-0.15, -0.1) is 0 Å². The molecule has 0 N–H and O–H groups in total. The molecule has 0 saturated heterocycles. The Labute approximate surface area is 360 Å². The average Bonchev–Trinajstić information content (AvgIpc) is 3.89. The van der Waals surface area contributed by atoms with Gasteiger partial charge in [0.15, 0.2) is 0 Å². The summed E-state index contributed by atoms with van der Waals surface area (Å²) in [5.41, 5.74) is 15.3. The Hall–Kier alpha value is -4.37. The van der Waals surface area contributed by atoms with Crippen LogP contribution in [0.2, 0.25) is 0 Å². The Morgan fingerprint density at radius 1 is 0.246 bits per heavy atom. The third kappa shape index (κ3) is 6.00. The van der Waals surface area contributed by atoms with Crippen LogP contribution in [0.15, 0.2) is 167 Å². The van der Waals surface area contributed by atoms with Crippen molar-refractivity contribution in [2.75, 3.05) is 0 Å². The van der Waals surface area contributed by atoms with Gasteiger partial charge < -0.3 is 0 Å². The van der Waals surface area contributed by atoms with Crippen molar-refractivity contribution in [2.24, 2.45) is 0 Å². The molecular weight excluding hydrogens is 1280 g/mol. The summed E-state index contributed by atoms with van der Waals surface area (Å²) in [6.45, 7) is 24.9. The second-order valence-corrected chi connectivity index (χ2v) is 39.7. The van der Waals surface area contributed by atoms with Crippen molar-refractivity contribution in [1.82, 2.24) is 0 Å². The van der Waals surface area contributed by atoms with E-state index in [4.69, 9.17) is 0 Å². The molecule has 0 atom stereocenters. The van der Waals surface area contributed by atoms with Crippen LogP contribution in [0, 0.1) is 0 Å². The van der Waals surface area contributed by atoms with E-state index in [1.807, 2.05) is 36.5 Å². The van der Waals surface area contributed by atoms with Crippen molar-refractivity contribution in [2.45, 2.75) is 0 Å². The first-order chi connectivity index (χ1) is 27.9. The van der Waals surface area contributed by atoms with E-state index >= 15 is 0 Å². The van der Waals surface area contributed by atoms with Crippen LogP contribution in [0.4, 0.5) is 0 Å². The summed E-state index contributed by atoms with van der Waals surface area (Å²) in [5.74, 6) is 0. The fourth-order valence-electron chi connectivity index (χ4n) is 8.74. The molecule has 0 radical (unpaired) electrons. The maximum atomic E-state index is 4.14. The monoisotopic (exact) mass is 1310 g/mol. The summed E-state index contributed by atoms with van der Waals surface area (Å²) in [4.78, 5) is 0. The van der Waals surface area contributed by atoms with Crippen molar-refractivity contribution >= 4 is 131 Å². The van der Waals surface area contributed by atoms with Crippen molar-refractivity contribution in [3.8, 4) is 33.4 Å². The molecule has 0 spiro atoms. The quantitative estimate of drug-likeness (QED) is 0.136. The number of hydrogen-bond acceptors (Lipinski definition) is 0. The van der Waals surface area contributed by atoms with Crippen LogP contribution in [0.5, 0.6) is 0 Å². The normalized spacial score (nSPS) is 13.5. The van der Waals surface area contributed by atoms with E-state index < -0.39 is 65.3 Å². The van der Waals surface area contributed by atoms with Gasteiger partial charge in [0.2, 0.25) is 0 Å². The predicted octanol–water partition coefficient (Wildman–Crippen LogP) is 7.03. The van der Waals surface area contributed by atoms with Gasteiger partial charge in [-0.25, -0.2) is 0 Å². The first kappa shape index (κ1) is 36.9. The van der Waals surface area contributed by atoms with Gasteiger partial charge >= 0.3 is 365 Å². The van der Waals surface area contributed by atoms with E-state index in [0.29, 0.717) is 0 Å². The SMILES string of the molecule is C=Cc1cc[c]2c(c1)-c1cc(C=C)cc[c]1[Bi]2[c]1c[c]([Bi]2[c]3ccc(C=C)cc3-c3cc(C=C)cc[c]32)c[c]([Bi]2[c]3ccc(C=C)cc3-c3cc(C=C)cc[c]32)c1. The molecule has 3 aliphatic rings. The molecule has 3 heterocycles. The fraction of sp³-hybridized carbons (Fsp3) is 0. The number of hydrogen-bond donors (Lipinski definition) is 0. The molecule has 0 aromatic heterocycles. The first-order valence-electron chi connectivity index (χ1n) is 19.1. The number of rotatable bonds is 9. The molecule has 57 heavy (non-hydrogen) atoms. The summed E-state index contributed by atoms with van der Waals surface area (Å²) in [6.07, 6.45) is 11.9. The van der Waals surface area contributed by atoms with Gasteiger partial charge in [-0.05, 0) is 0 Å². The molecule has 0 aliphatic carbocycles. The van der Waals surface area contributed by atoms with Crippen LogP contribution in [0.25, 0.3) is 69.8 Å². The number of fused-ring (bicyclic) bond motifs is 9. The maximum absolute atomic E-state index is 4.14. The average molecular weight is 1310 g/mol. The third-order valence-electron chi connectivity index (χ3n) is 11.5. The first-order valence-corrected chi connectivity index (χ1v) is 34.8. The molecule has 0 saturated carbocycles. The van der Waals surface area contributed by atoms with E-state index in [9.17, 15) is 0 Å². The molecule has 0 amide bonds. The molecule has 0 nitrogen and oxygen atoms in total. The zero-order chi connectivity index (χ0) is 38.9. The van der Waals surface area contributed by atoms with Gasteiger partial charge in [-0.1, -0.05) is 0 Å². The number of benzene rings is 7. The Morgan fingerprint density at radius 3 is 0.579 bits per heavy atom. The van der Waals surface area contributed by atoms with Gasteiger partial charge in [0, 0.05) is 0 Å². The van der Waals surface area contributed by atoms with Gasteiger partial charge in [0.05, 0.1) is 0 Å². The molecule has 270 valence electrons. The minimum absolute atomic E-state index is 1.17. The summed E-state index contributed by atoms with van der Waals surface area (Å²) < 4.78 is 14.2. The summed E-state index contributed by atoms with van der Waals surface area (Å²) in [7, 11) is 0. The molecule has 0 unspecified atom stereocenters. The van der Waals surface area contributed by atoms with Crippen LogP contribution in [0.1, 0.15) is 33.4 Å².